The highest BCUT2D eigenvalue weighted by atomic mass is 16.3. The van der Waals surface area contributed by atoms with Gasteiger partial charge in [0.2, 0.25) is 0 Å². The number of hydrogen-bond donors (Lipinski definition) is 0. The lowest BCUT2D eigenvalue weighted by Crippen LogP contribution is -2.00. The molecule has 0 unspecified atom stereocenters. The first-order chi connectivity index (χ1) is 27.3. The quantitative estimate of drug-likeness (QED) is 0.166. The van der Waals surface area contributed by atoms with Crippen LogP contribution in [0.3, 0.4) is 0 Å². The van der Waals surface area contributed by atoms with Gasteiger partial charge in [0, 0.05) is 38.6 Å². The third kappa shape index (κ3) is 6.06. The fourth-order valence-corrected chi connectivity index (χ4v) is 7.43. The van der Waals surface area contributed by atoms with Crippen molar-refractivity contribution in [3.05, 3.63) is 200 Å². The molecule has 2 aromatic heterocycles. The smallest absolute Gasteiger partial charge is 0.164 e. The first kappa shape index (κ1) is 32.2. The maximum absolute atomic E-state index is 7.15. The van der Waals surface area contributed by atoms with Crippen molar-refractivity contribution in [3.63, 3.8) is 0 Å². The monoisotopic (exact) mass is 703 g/mol. The lowest BCUT2D eigenvalue weighted by molar-refractivity contribution is 0.671. The normalized spacial score (nSPS) is 11.3. The van der Waals surface area contributed by atoms with Crippen molar-refractivity contribution in [3.8, 4) is 78.7 Å². The molecule has 8 aromatic carbocycles. The van der Waals surface area contributed by atoms with Crippen molar-refractivity contribution in [2.24, 2.45) is 0 Å². The van der Waals surface area contributed by atoms with Crippen molar-refractivity contribution in [2.45, 2.75) is 0 Å². The maximum Gasteiger partial charge on any atom is 0.164 e. The first-order valence-electron chi connectivity index (χ1n) is 18.4. The van der Waals surface area contributed by atoms with Gasteiger partial charge in [0.1, 0.15) is 11.2 Å². The van der Waals surface area contributed by atoms with Gasteiger partial charge in [-0.05, 0) is 57.6 Å². The summed E-state index contributed by atoms with van der Waals surface area (Å²) < 4.78 is 7.15. The van der Waals surface area contributed by atoms with Crippen molar-refractivity contribution in [1.82, 2.24) is 15.0 Å². The topological polar surface area (TPSA) is 51.8 Å². The molecule has 10 aromatic rings. The SMILES string of the molecule is c1ccc(-c2ccc(-c3ccc(-c4nc(-c5ccccc5)nc(-c5ccccc5)n4)c4c3oc3c(-c5ccccc5)cc(-c5ccccc5)cc34)cc2)cc1. The van der Waals surface area contributed by atoms with Crippen LogP contribution in [0.2, 0.25) is 0 Å². The summed E-state index contributed by atoms with van der Waals surface area (Å²) in [5.41, 5.74) is 13.0. The third-order valence-corrected chi connectivity index (χ3v) is 10.2. The molecule has 0 bridgehead atoms. The molecule has 0 saturated carbocycles. The molecule has 0 saturated heterocycles. The fourth-order valence-electron chi connectivity index (χ4n) is 7.43. The van der Waals surface area contributed by atoms with Crippen LogP contribution in [0.1, 0.15) is 0 Å². The second-order valence-electron chi connectivity index (χ2n) is 13.6. The fraction of sp³-hybridized carbons (Fsp3) is 0. The second kappa shape index (κ2) is 13.8. The predicted molar refractivity (Wildman–Crippen MR) is 225 cm³/mol. The molecule has 0 N–H and O–H groups in total. The van der Waals surface area contributed by atoms with Crippen LogP contribution in [-0.2, 0) is 0 Å². The molecule has 0 aliphatic heterocycles. The summed E-state index contributed by atoms with van der Waals surface area (Å²) in [5.74, 6) is 1.81. The number of aromatic nitrogens is 3. The van der Waals surface area contributed by atoms with E-state index in [4.69, 9.17) is 19.4 Å². The van der Waals surface area contributed by atoms with Gasteiger partial charge in [-0.1, -0.05) is 176 Å². The van der Waals surface area contributed by atoms with E-state index in [-0.39, 0.29) is 0 Å². The average Bonchev–Trinajstić information content (AvgIpc) is 3.67. The minimum Gasteiger partial charge on any atom is -0.455 e. The third-order valence-electron chi connectivity index (χ3n) is 10.2. The molecule has 0 fully saturated rings. The Morgan fingerprint density at radius 1 is 0.273 bits per heavy atom. The highest BCUT2D eigenvalue weighted by molar-refractivity contribution is 6.19. The minimum atomic E-state index is 0.581. The zero-order valence-electron chi connectivity index (χ0n) is 29.8. The molecular formula is C51H33N3O. The molecule has 2 heterocycles. The van der Waals surface area contributed by atoms with Crippen LogP contribution in [0.15, 0.2) is 205 Å². The maximum atomic E-state index is 7.15. The van der Waals surface area contributed by atoms with E-state index < -0.39 is 0 Å². The van der Waals surface area contributed by atoms with E-state index in [0.717, 1.165) is 77.6 Å². The van der Waals surface area contributed by atoms with E-state index in [1.807, 2.05) is 72.8 Å². The van der Waals surface area contributed by atoms with Gasteiger partial charge in [0.15, 0.2) is 17.5 Å². The summed E-state index contributed by atoms with van der Waals surface area (Å²) in [6.07, 6.45) is 0. The Hall–Kier alpha value is -7.43. The molecule has 0 aliphatic carbocycles. The molecule has 0 atom stereocenters. The molecule has 258 valence electrons. The van der Waals surface area contributed by atoms with Gasteiger partial charge in [0.05, 0.1) is 0 Å². The molecule has 0 amide bonds. The summed E-state index contributed by atoms with van der Waals surface area (Å²) >= 11 is 0. The Morgan fingerprint density at radius 3 is 1.22 bits per heavy atom. The summed E-state index contributed by atoms with van der Waals surface area (Å²) in [6.45, 7) is 0. The Labute approximate surface area is 319 Å². The van der Waals surface area contributed by atoms with Crippen LogP contribution >= 0.6 is 0 Å². The van der Waals surface area contributed by atoms with Crippen molar-refractivity contribution in [2.75, 3.05) is 0 Å². The number of rotatable bonds is 7. The number of fused-ring (bicyclic) bond motifs is 3. The molecule has 0 aliphatic rings. The average molecular weight is 704 g/mol. The van der Waals surface area contributed by atoms with Crippen molar-refractivity contribution >= 4 is 21.9 Å². The van der Waals surface area contributed by atoms with Crippen LogP contribution in [0.25, 0.3) is 101 Å². The van der Waals surface area contributed by atoms with Crippen LogP contribution in [0.4, 0.5) is 0 Å². The van der Waals surface area contributed by atoms with Crippen molar-refractivity contribution < 1.29 is 4.42 Å². The van der Waals surface area contributed by atoms with Crippen LogP contribution in [-0.4, -0.2) is 15.0 Å². The van der Waals surface area contributed by atoms with Crippen molar-refractivity contribution in [1.29, 1.82) is 0 Å². The van der Waals surface area contributed by atoms with Gasteiger partial charge in [-0.3, -0.25) is 0 Å². The van der Waals surface area contributed by atoms with Crippen LogP contribution in [0, 0.1) is 0 Å². The molecule has 0 radical (unpaired) electrons. The standard InChI is InChI=1S/C51H33N3O/c1-6-16-34(17-7-1)36-26-28-38(29-27-36)42-30-31-43(51-53-49(39-22-12-4-13-23-39)52-50(54-51)40-24-14-5-15-25-40)46-45-33-41(35-18-8-2-9-19-35)32-44(47(45)55-48(42)46)37-20-10-3-11-21-37/h1-33H. The zero-order valence-corrected chi connectivity index (χ0v) is 29.8. The van der Waals surface area contributed by atoms with E-state index in [2.05, 4.69) is 127 Å². The predicted octanol–water partition coefficient (Wildman–Crippen LogP) is 13.4. The number of furan rings is 1. The number of benzene rings is 8. The summed E-state index contributed by atoms with van der Waals surface area (Å²) in [5, 5.41) is 1.95. The van der Waals surface area contributed by atoms with Gasteiger partial charge in [0.25, 0.3) is 0 Å². The van der Waals surface area contributed by atoms with E-state index in [0.29, 0.717) is 17.5 Å². The zero-order chi connectivity index (χ0) is 36.6. The second-order valence-corrected chi connectivity index (χ2v) is 13.6. The highest BCUT2D eigenvalue weighted by Gasteiger charge is 2.23. The first-order valence-corrected chi connectivity index (χ1v) is 18.4. The van der Waals surface area contributed by atoms with E-state index >= 15 is 0 Å². The highest BCUT2D eigenvalue weighted by Crippen LogP contribution is 2.46. The number of hydrogen-bond acceptors (Lipinski definition) is 4. The van der Waals surface area contributed by atoms with Crippen LogP contribution in [0.5, 0.6) is 0 Å². The Kier molecular flexibility index (Phi) is 8.12. The molecular weight excluding hydrogens is 671 g/mol. The Bertz CT molecular complexity index is 2870. The molecule has 4 heteroatoms. The van der Waals surface area contributed by atoms with E-state index in [1.165, 1.54) is 5.56 Å². The van der Waals surface area contributed by atoms with Gasteiger partial charge in [-0.25, -0.2) is 15.0 Å². The van der Waals surface area contributed by atoms with E-state index in [1.54, 1.807) is 0 Å². The minimum absolute atomic E-state index is 0.581. The molecule has 0 spiro atoms. The van der Waals surface area contributed by atoms with Gasteiger partial charge in [-0.2, -0.15) is 0 Å². The Morgan fingerprint density at radius 2 is 0.673 bits per heavy atom. The van der Waals surface area contributed by atoms with E-state index in [9.17, 15) is 0 Å². The molecule has 55 heavy (non-hydrogen) atoms. The molecule has 10 rings (SSSR count). The van der Waals surface area contributed by atoms with Gasteiger partial charge in [-0.15, -0.1) is 0 Å². The lowest BCUT2D eigenvalue weighted by atomic mass is 9.93. The summed E-state index contributed by atoms with van der Waals surface area (Å²) in [4.78, 5) is 15.4. The lowest BCUT2D eigenvalue weighted by Gasteiger charge is -2.11. The Balaban J connectivity index is 1.28. The number of nitrogens with zero attached hydrogens (tertiary/aromatic N) is 3. The summed E-state index contributed by atoms with van der Waals surface area (Å²) in [6, 6.07) is 69.2. The van der Waals surface area contributed by atoms with Crippen LogP contribution < -0.4 is 0 Å². The largest absolute Gasteiger partial charge is 0.455 e. The summed E-state index contributed by atoms with van der Waals surface area (Å²) in [7, 11) is 0. The van der Waals surface area contributed by atoms with Gasteiger partial charge >= 0.3 is 0 Å². The van der Waals surface area contributed by atoms with Gasteiger partial charge < -0.3 is 4.42 Å². The molecule has 4 nitrogen and oxygen atoms in total.